The molecule has 1 atom stereocenters. The van der Waals surface area contributed by atoms with Gasteiger partial charge < -0.3 is 10.6 Å². The Kier molecular flexibility index (Phi) is 5.62. The molecule has 0 unspecified atom stereocenters. The van der Waals surface area contributed by atoms with Crippen LogP contribution in [0.1, 0.15) is 35.8 Å². The zero-order valence-corrected chi connectivity index (χ0v) is 16.0. The normalized spacial score (nSPS) is 20.3. The quantitative estimate of drug-likeness (QED) is 0.644. The van der Waals surface area contributed by atoms with Crippen molar-refractivity contribution in [2.45, 2.75) is 25.4 Å². The molecule has 8 heteroatoms. The second-order valence-electron chi connectivity index (χ2n) is 7.50. The van der Waals surface area contributed by atoms with Crippen LogP contribution >= 0.6 is 0 Å². The average molecular weight is 395 g/mol. The van der Waals surface area contributed by atoms with E-state index in [1.165, 1.54) is 17.0 Å². The fourth-order valence-electron chi connectivity index (χ4n) is 4.07. The number of primary amides is 1. The number of nitrogens with zero attached hydrogens (tertiary/aromatic N) is 4. The van der Waals surface area contributed by atoms with Crippen molar-refractivity contribution in [1.82, 2.24) is 20.2 Å². The summed E-state index contributed by atoms with van der Waals surface area (Å²) in [7, 11) is 0. The molecule has 0 bridgehead atoms. The van der Waals surface area contributed by atoms with Gasteiger partial charge in [0.15, 0.2) is 6.04 Å². The summed E-state index contributed by atoms with van der Waals surface area (Å²) >= 11 is 0. The van der Waals surface area contributed by atoms with Gasteiger partial charge in [0.2, 0.25) is 11.7 Å². The van der Waals surface area contributed by atoms with Crippen molar-refractivity contribution in [3.8, 4) is 0 Å². The van der Waals surface area contributed by atoms with Gasteiger partial charge in [-0.3, -0.25) is 4.79 Å². The van der Waals surface area contributed by atoms with Gasteiger partial charge in [-0.15, -0.1) is 5.10 Å². The molecule has 29 heavy (non-hydrogen) atoms. The molecular formula is C21H24FN6O+. The smallest absolute Gasteiger partial charge is 0.220 e. The van der Waals surface area contributed by atoms with Crippen molar-refractivity contribution >= 4 is 5.91 Å². The number of quaternary nitrogens is 1. The molecule has 3 N–H and O–H groups in total. The summed E-state index contributed by atoms with van der Waals surface area (Å²) in [6.45, 7) is 2.09. The predicted octanol–water partition coefficient (Wildman–Crippen LogP) is 0.730. The number of nitrogens with two attached hydrogens (primary N) is 1. The van der Waals surface area contributed by atoms with Crippen molar-refractivity contribution < 1.29 is 14.1 Å². The van der Waals surface area contributed by atoms with Crippen LogP contribution in [0.25, 0.3) is 0 Å². The fourth-order valence-corrected chi connectivity index (χ4v) is 4.07. The van der Waals surface area contributed by atoms with Gasteiger partial charge >= 0.3 is 0 Å². The molecule has 1 saturated heterocycles. The summed E-state index contributed by atoms with van der Waals surface area (Å²) in [6, 6.07) is 16.5. The highest BCUT2D eigenvalue weighted by Crippen LogP contribution is 2.20. The van der Waals surface area contributed by atoms with Crippen LogP contribution in [-0.2, 0) is 11.3 Å². The van der Waals surface area contributed by atoms with E-state index in [9.17, 15) is 9.18 Å². The number of likely N-dealkylation sites (tertiary alicyclic amines) is 1. The number of rotatable bonds is 6. The first-order valence-corrected chi connectivity index (χ1v) is 9.81. The maximum absolute atomic E-state index is 13.2. The first-order chi connectivity index (χ1) is 14.1. The van der Waals surface area contributed by atoms with Gasteiger partial charge in [-0.2, -0.15) is 0 Å². The third kappa shape index (κ3) is 4.32. The molecule has 0 saturated carbocycles. The minimum Gasteiger partial charge on any atom is -0.369 e. The summed E-state index contributed by atoms with van der Waals surface area (Å²) in [4.78, 5) is 12.9. The van der Waals surface area contributed by atoms with Crippen LogP contribution in [0.15, 0.2) is 54.6 Å². The molecule has 1 amide bonds. The molecule has 2 aromatic carbocycles. The molecule has 1 aromatic heterocycles. The number of hydrogen-bond acceptors (Lipinski definition) is 4. The van der Waals surface area contributed by atoms with Gasteiger partial charge in [-0.1, -0.05) is 42.5 Å². The van der Waals surface area contributed by atoms with E-state index in [0.717, 1.165) is 42.9 Å². The molecule has 0 aliphatic carbocycles. The van der Waals surface area contributed by atoms with Gasteiger partial charge in [0.05, 0.1) is 19.6 Å². The predicted molar refractivity (Wildman–Crippen MR) is 104 cm³/mol. The Labute approximate surface area is 168 Å². The molecule has 2 heterocycles. The minimum absolute atomic E-state index is 0.0551. The molecular weight excluding hydrogens is 371 g/mol. The Morgan fingerprint density at radius 1 is 1.14 bits per heavy atom. The number of benzene rings is 2. The number of amides is 1. The molecule has 7 nitrogen and oxygen atoms in total. The van der Waals surface area contributed by atoms with E-state index in [2.05, 4.69) is 27.7 Å². The summed E-state index contributed by atoms with van der Waals surface area (Å²) in [5.74, 6) is 0.203. The van der Waals surface area contributed by atoms with Gasteiger partial charge in [-0.25, -0.2) is 9.07 Å². The van der Waals surface area contributed by atoms with Crippen LogP contribution in [0, 0.1) is 11.7 Å². The maximum atomic E-state index is 13.2. The number of aromatic nitrogens is 4. The van der Waals surface area contributed by atoms with Crippen molar-refractivity contribution in [3.05, 3.63) is 77.4 Å². The number of halogens is 1. The van der Waals surface area contributed by atoms with E-state index in [0.29, 0.717) is 6.54 Å². The lowest BCUT2D eigenvalue weighted by Gasteiger charge is -2.33. The molecule has 1 fully saturated rings. The van der Waals surface area contributed by atoms with Gasteiger partial charge in [0.1, 0.15) is 5.82 Å². The van der Waals surface area contributed by atoms with E-state index in [-0.39, 0.29) is 23.7 Å². The second kappa shape index (κ2) is 8.48. The van der Waals surface area contributed by atoms with Crippen LogP contribution < -0.4 is 10.6 Å². The summed E-state index contributed by atoms with van der Waals surface area (Å²) < 4.78 is 15.0. The number of tetrazole rings is 1. The topological polar surface area (TPSA) is 91.1 Å². The largest absolute Gasteiger partial charge is 0.369 e. The minimum atomic E-state index is -0.269. The monoisotopic (exact) mass is 395 g/mol. The Bertz CT molecular complexity index is 951. The van der Waals surface area contributed by atoms with Crippen molar-refractivity contribution in [2.75, 3.05) is 13.1 Å². The molecule has 1 aliphatic heterocycles. The SMILES string of the molecule is NC(=O)C1CC[NH+]([C@@H](c2ccccc2)c2nnnn2Cc2ccc(F)cc2)CC1. The highest BCUT2D eigenvalue weighted by Gasteiger charge is 2.35. The highest BCUT2D eigenvalue weighted by atomic mass is 19.1. The third-order valence-electron chi connectivity index (χ3n) is 5.63. The van der Waals surface area contributed by atoms with Gasteiger partial charge in [0, 0.05) is 24.3 Å². The lowest BCUT2D eigenvalue weighted by atomic mass is 9.93. The van der Waals surface area contributed by atoms with Crippen LogP contribution in [0.2, 0.25) is 0 Å². The lowest BCUT2D eigenvalue weighted by molar-refractivity contribution is -0.931. The van der Waals surface area contributed by atoms with Crippen molar-refractivity contribution in [3.63, 3.8) is 0 Å². The van der Waals surface area contributed by atoms with Gasteiger partial charge in [-0.05, 0) is 28.1 Å². The van der Waals surface area contributed by atoms with E-state index in [1.54, 1.807) is 16.8 Å². The third-order valence-corrected chi connectivity index (χ3v) is 5.63. The molecule has 150 valence electrons. The maximum Gasteiger partial charge on any atom is 0.220 e. The molecule has 3 aromatic rings. The number of hydrogen-bond donors (Lipinski definition) is 2. The first kappa shape index (κ1) is 19.2. The van der Waals surface area contributed by atoms with Crippen LogP contribution in [-0.4, -0.2) is 39.2 Å². The van der Waals surface area contributed by atoms with Crippen LogP contribution in [0.5, 0.6) is 0 Å². The Morgan fingerprint density at radius 3 is 2.48 bits per heavy atom. The number of carbonyl (C=O) groups excluding carboxylic acids is 1. The summed E-state index contributed by atoms with van der Waals surface area (Å²) in [5, 5.41) is 12.5. The average Bonchev–Trinajstić information content (AvgIpc) is 3.19. The van der Waals surface area contributed by atoms with Crippen molar-refractivity contribution in [2.24, 2.45) is 11.7 Å². The molecule has 0 radical (unpaired) electrons. The zero-order chi connectivity index (χ0) is 20.2. The Morgan fingerprint density at radius 2 is 1.83 bits per heavy atom. The number of carbonyl (C=O) groups is 1. The zero-order valence-electron chi connectivity index (χ0n) is 16.0. The standard InChI is InChI=1S/C21H23FN6O/c22-18-8-6-15(7-9-18)14-28-21(24-25-26-28)19(16-4-2-1-3-5-16)27-12-10-17(11-13-27)20(23)29/h1-9,17,19H,10-14H2,(H2,23,29)/p+1/t19-/m0/s1. The summed E-state index contributed by atoms with van der Waals surface area (Å²) in [5.41, 5.74) is 7.55. The van der Waals surface area contributed by atoms with Gasteiger partial charge in [0.25, 0.3) is 0 Å². The van der Waals surface area contributed by atoms with E-state index < -0.39 is 0 Å². The Hall–Kier alpha value is -3.13. The Balaban J connectivity index is 1.63. The molecule has 0 spiro atoms. The molecule has 1 aliphatic rings. The first-order valence-electron chi connectivity index (χ1n) is 9.81. The van der Waals surface area contributed by atoms with E-state index >= 15 is 0 Å². The summed E-state index contributed by atoms with van der Waals surface area (Å²) in [6.07, 6.45) is 1.51. The number of nitrogens with one attached hydrogen (secondary N) is 1. The highest BCUT2D eigenvalue weighted by molar-refractivity contribution is 5.76. The lowest BCUT2D eigenvalue weighted by Crippen LogP contribution is -3.13. The fraction of sp³-hybridized carbons (Fsp3) is 0.333. The van der Waals surface area contributed by atoms with E-state index in [4.69, 9.17) is 5.73 Å². The van der Waals surface area contributed by atoms with Crippen LogP contribution in [0.4, 0.5) is 4.39 Å². The second-order valence-corrected chi connectivity index (χ2v) is 7.50. The number of piperidine rings is 1. The van der Waals surface area contributed by atoms with E-state index in [1.807, 2.05) is 18.2 Å². The molecule has 4 rings (SSSR count). The van der Waals surface area contributed by atoms with Crippen molar-refractivity contribution in [1.29, 1.82) is 0 Å². The van der Waals surface area contributed by atoms with Crippen LogP contribution in [0.3, 0.4) is 0 Å².